The number of carbonyl (C=O) groups excluding carboxylic acids is 2. The fraction of sp³-hybridized carbons (Fsp3) is 0.294. The molecule has 2 aromatic rings. The third kappa shape index (κ3) is 4.82. The molecule has 0 saturated heterocycles. The van der Waals surface area contributed by atoms with Crippen LogP contribution in [-0.2, 0) is 4.79 Å². The van der Waals surface area contributed by atoms with Crippen molar-refractivity contribution in [3.8, 4) is 0 Å². The van der Waals surface area contributed by atoms with Gasteiger partial charge in [-0.05, 0) is 36.8 Å². The Balaban J connectivity index is 1.69. The van der Waals surface area contributed by atoms with Gasteiger partial charge in [-0.3, -0.25) is 14.9 Å². The van der Waals surface area contributed by atoms with E-state index < -0.39 is 12.1 Å². The Bertz CT molecular complexity index is 757. The van der Waals surface area contributed by atoms with Crippen molar-refractivity contribution in [3.63, 3.8) is 0 Å². The van der Waals surface area contributed by atoms with Crippen LogP contribution in [0.15, 0.2) is 47.2 Å². The number of carbonyl (C=O) groups is 2. The van der Waals surface area contributed by atoms with E-state index in [-0.39, 0.29) is 30.9 Å². The molecule has 0 bridgehead atoms. The summed E-state index contributed by atoms with van der Waals surface area (Å²) in [6.45, 7) is 0.0233. The van der Waals surface area contributed by atoms with Crippen molar-refractivity contribution in [2.75, 3.05) is 18.4 Å². The molecule has 2 amide bonds. The minimum Gasteiger partial charge on any atom is -0.329 e. The van der Waals surface area contributed by atoms with E-state index in [2.05, 4.69) is 31.2 Å². The molecular weight excluding hydrogens is 391 g/mol. The molecule has 0 spiro atoms. The molecule has 1 heterocycles. The van der Waals surface area contributed by atoms with Crippen molar-refractivity contribution >= 4 is 33.7 Å². The van der Waals surface area contributed by atoms with Crippen LogP contribution in [-0.4, -0.2) is 45.9 Å². The first-order valence-electron chi connectivity index (χ1n) is 7.78. The summed E-state index contributed by atoms with van der Waals surface area (Å²) in [4.78, 5) is 34.1. The molecule has 2 atom stereocenters. The highest BCUT2D eigenvalue weighted by Gasteiger charge is 2.40. The number of benzene rings is 1. The van der Waals surface area contributed by atoms with Gasteiger partial charge in [0.05, 0.1) is 0 Å². The maximum Gasteiger partial charge on any atom is 0.254 e. The van der Waals surface area contributed by atoms with Gasteiger partial charge in [0.25, 0.3) is 5.91 Å². The van der Waals surface area contributed by atoms with Gasteiger partial charge < -0.3 is 4.90 Å². The van der Waals surface area contributed by atoms with Gasteiger partial charge in [-0.1, -0.05) is 15.9 Å². The standard InChI is InChI=1S/C17H16BrFN4O2/c18-13-4-2-11(3-5-13)16(25)23(9-12-8-14(12)19)10-15(24)22-17-20-6-1-7-21-17/h1-7,12,14H,8-10H2,(H,20,21,22,24)/t12-,14-/m0/s1. The molecule has 0 aliphatic heterocycles. The van der Waals surface area contributed by atoms with Crippen molar-refractivity contribution in [3.05, 3.63) is 52.8 Å². The summed E-state index contributed by atoms with van der Waals surface area (Å²) >= 11 is 3.31. The molecule has 25 heavy (non-hydrogen) atoms. The van der Waals surface area contributed by atoms with Crippen LogP contribution in [0.4, 0.5) is 10.3 Å². The van der Waals surface area contributed by atoms with E-state index >= 15 is 0 Å². The normalized spacial score (nSPS) is 18.5. The molecule has 8 heteroatoms. The van der Waals surface area contributed by atoms with Gasteiger partial charge in [-0.15, -0.1) is 0 Å². The largest absolute Gasteiger partial charge is 0.329 e. The molecule has 1 aromatic carbocycles. The van der Waals surface area contributed by atoms with Crippen molar-refractivity contribution in [2.45, 2.75) is 12.6 Å². The zero-order valence-corrected chi connectivity index (χ0v) is 14.8. The zero-order valence-electron chi connectivity index (χ0n) is 13.2. The number of nitrogens with one attached hydrogen (secondary N) is 1. The molecular formula is C17H16BrFN4O2. The van der Waals surface area contributed by atoms with Crippen molar-refractivity contribution in [1.82, 2.24) is 14.9 Å². The molecule has 3 rings (SSSR count). The van der Waals surface area contributed by atoms with Crippen LogP contribution in [0.25, 0.3) is 0 Å². The molecule has 0 radical (unpaired) electrons. The van der Waals surface area contributed by atoms with Crippen molar-refractivity contribution in [1.29, 1.82) is 0 Å². The van der Waals surface area contributed by atoms with Crippen LogP contribution in [0.5, 0.6) is 0 Å². The van der Waals surface area contributed by atoms with Gasteiger partial charge in [-0.2, -0.15) is 0 Å². The van der Waals surface area contributed by atoms with Crippen molar-refractivity contribution < 1.29 is 14.0 Å². The van der Waals surface area contributed by atoms with Crippen LogP contribution in [0, 0.1) is 5.92 Å². The van der Waals surface area contributed by atoms with Crippen LogP contribution in [0.2, 0.25) is 0 Å². The number of rotatable bonds is 6. The highest BCUT2D eigenvalue weighted by molar-refractivity contribution is 9.10. The quantitative estimate of drug-likeness (QED) is 0.799. The Kier molecular flexibility index (Phi) is 5.37. The summed E-state index contributed by atoms with van der Waals surface area (Å²) < 4.78 is 14.1. The van der Waals surface area contributed by atoms with Gasteiger partial charge in [0, 0.05) is 34.9 Å². The monoisotopic (exact) mass is 406 g/mol. The number of amides is 2. The summed E-state index contributed by atoms with van der Waals surface area (Å²) in [5.74, 6) is -0.776. The van der Waals surface area contributed by atoms with Gasteiger partial charge in [0.1, 0.15) is 12.7 Å². The molecule has 1 fully saturated rings. The first kappa shape index (κ1) is 17.5. The Morgan fingerprint density at radius 1 is 1.24 bits per heavy atom. The molecule has 1 aliphatic carbocycles. The van der Waals surface area contributed by atoms with Gasteiger partial charge >= 0.3 is 0 Å². The second kappa shape index (κ2) is 7.69. The van der Waals surface area contributed by atoms with Crippen LogP contribution < -0.4 is 5.32 Å². The van der Waals surface area contributed by atoms with E-state index in [0.717, 1.165) is 4.47 Å². The third-order valence-electron chi connectivity index (χ3n) is 3.82. The lowest BCUT2D eigenvalue weighted by molar-refractivity contribution is -0.117. The lowest BCUT2D eigenvalue weighted by atomic mass is 10.2. The maximum absolute atomic E-state index is 13.3. The van der Waals surface area contributed by atoms with E-state index in [0.29, 0.717) is 12.0 Å². The number of halogens is 2. The number of aromatic nitrogens is 2. The molecule has 6 nitrogen and oxygen atoms in total. The van der Waals surface area contributed by atoms with Gasteiger partial charge in [0.15, 0.2) is 0 Å². The van der Waals surface area contributed by atoms with Crippen LogP contribution >= 0.6 is 15.9 Å². The summed E-state index contributed by atoms with van der Waals surface area (Å²) in [5, 5.41) is 2.54. The first-order chi connectivity index (χ1) is 12.0. The molecule has 1 aliphatic rings. The number of hydrogen-bond acceptors (Lipinski definition) is 4. The smallest absolute Gasteiger partial charge is 0.254 e. The second-order valence-corrected chi connectivity index (χ2v) is 6.74. The number of nitrogens with zero attached hydrogens (tertiary/aromatic N) is 3. The van der Waals surface area contributed by atoms with E-state index in [1.807, 2.05) is 0 Å². The van der Waals surface area contributed by atoms with Crippen molar-refractivity contribution in [2.24, 2.45) is 5.92 Å². The molecule has 1 aromatic heterocycles. The highest BCUT2D eigenvalue weighted by atomic mass is 79.9. The number of hydrogen-bond donors (Lipinski definition) is 1. The minimum absolute atomic E-state index is 0.165. The Labute approximate surface area is 152 Å². The average Bonchev–Trinajstić information content (AvgIpc) is 3.30. The lowest BCUT2D eigenvalue weighted by Gasteiger charge is -2.22. The SMILES string of the molecule is O=C(CN(C[C@@H]1C[C@@H]1F)C(=O)c1ccc(Br)cc1)Nc1ncccn1. The number of anilines is 1. The Morgan fingerprint density at radius 2 is 1.88 bits per heavy atom. The third-order valence-corrected chi connectivity index (χ3v) is 4.35. The lowest BCUT2D eigenvalue weighted by Crippen LogP contribution is -2.39. The molecule has 0 unspecified atom stereocenters. The fourth-order valence-electron chi connectivity index (χ4n) is 2.38. The van der Waals surface area contributed by atoms with Gasteiger partial charge in [0.2, 0.25) is 11.9 Å². The summed E-state index contributed by atoms with van der Waals surface area (Å²) in [6.07, 6.45) is 2.53. The predicted molar refractivity (Wildman–Crippen MR) is 93.7 cm³/mol. The van der Waals surface area contributed by atoms with Crippen LogP contribution in [0.3, 0.4) is 0 Å². The summed E-state index contributed by atoms with van der Waals surface area (Å²) in [6, 6.07) is 8.46. The number of alkyl halides is 1. The molecule has 1 N–H and O–H groups in total. The summed E-state index contributed by atoms with van der Waals surface area (Å²) in [7, 11) is 0. The fourth-order valence-corrected chi connectivity index (χ4v) is 2.64. The van der Waals surface area contributed by atoms with Crippen LogP contribution in [0.1, 0.15) is 16.8 Å². The van der Waals surface area contributed by atoms with E-state index in [1.165, 1.54) is 17.3 Å². The Morgan fingerprint density at radius 3 is 2.48 bits per heavy atom. The maximum atomic E-state index is 13.3. The Hall–Kier alpha value is -2.35. The zero-order chi connectivity index (χ0) is 17.8. The molecule has 130 valence electrons. The van der Waals surface area contributed by atoms with Gasteiger partial charge in [-0.25, -0.2) is 14.4 Å². The van der Waals surface area contributed by atoms with E-state index in [1.54, 1.807) is 30.3 Å². The average molecular weight is 407 g/mol. The highest BCUT2D eigenvalue weighted by Crippen LogP contribution is 2.34. The van der Waals surface area contributed by atoms with E-state index in [4.69, 9.17) is 0 Å². The molecule has 1 saturated carbocycles. The first-order valence-corrected chi connectivity index (χ1v) is 8.58. The predicted octanol–water partition coefficient (Wildman–Crippen LogP) is 2.68. The topological polar surface area (TPSA) is 75.2 Å². The van der Waals surface area contributed by atoms with E-state index in [9.17, 15) is 14.0 Å². The minimum atomic E-state index is -0.902. The summed E-state index contributed by atoms with van der Waals surface area (Å²) in [5.41, 5.74) is 0.447. The second-order valence-electron chi connectivity index (χ2n) is 5.82.